The molecule has 116 valence electrons. The first kappa shape index (κ1) is 17.0. The second-order valence-corrected chi connectivity index (χ2v) is 4.49. The first-order valence-corrected chi connectivity index (χ1v) is 6.11. The minimum Gasteiger partial charge on any atom is -0.390 e. The molecular formula is C13H17FN2O5. The molecule has 0 spiro atoms. The second-order valence-electron chi connectivity index (χ2n) is 4.49. The number of benzene rings is 1. The number of hydrogen-bond acceptors (Lipinski definition) is 5. The standard InChI is InChI=1S/C13H17FN2O5/c14-8-3-1-7(2-4-8)6-21-12(13(16)20)11(19)9(17)5-10(15)18/h1-4,9,11-12,17,19H,5-6H2,(H2,15,18)(H2,16,20). The molecule has 1 rings (SSSR count). The Morgan fingerprint density at radius 3 is 2.24 bits per heavy atom. The molecule has 0 bridgehead atoms. The van der Waals surface area contributed by atoms with Gasteiger partial charge in [-0.1, -0.05) is 12.1 Å². The van der Waals surface area contributed by atoms with Gasteiger partial charge >= 0.3 is 0 Å². The number of ether oxygens (including phenoxy) is 1. The van der Waals surface area contributed by atoms with Gasteiger partial charge in [-0.2, -0.15) is 0 Å². The molecule has 0 fully saturated rings. The molecule has 1 aromatic carbocycles. The number of primary amides is 2. The van der Waals surface area contributed by atoms with Crippen LogP contribution >= 0.6 is 0 Å². The minimum absolute atomic E-state index is 0.131. The van der Waals surface area contributed by atoms with Crippen LogP contribution in [0.2, 0.25) is 0 Å². The molecule has 6 N–H and O–H groups in total. The molecule has 0 aliphatic rings. The monoisotopic (exact) mass is 300 g/mol. The fourth-order valence-corrected chi connectivity index (χ4v) is 1.64. The van der Waals surface area contributed by atoms with Crippen molar-refractivity contribution in [3.8, 4) is 0 Å². The van der Waals surface area contributed by atoms with E-state index in [1.54, 1.807) is 0 Å². The molecule has 2 amide bonds. The third-order valence-electron chi connectivity index (χ3n) is 2.74. The molecule has 8 heteroatoms. The van der Waals surface area contributed by atoms with Crippen LogP contribution in [0.1, 0.15) is 12.0 Å². The second kappa shape index (κ2) is 7.67. The quantitative estimate of drug-likeness (QED) is 0.478. The number of nitrogens with two attached hydrogens (primary N) is 2. The lowest BCUT2D eigenvalue weighted by Crippen LogP contribution is -2.48. The number of rotatable bonds is 8. The topological polar surface area (TPSA) is 136 Å². The SMILES string of the molecule is NC(=O)CC(O)C(O)C(OCc1ccc(F)cc1)C(N)=O. The molecule has 3 unspecified atom stereocenters. The number of carbonyl (C=O) groups is 2. The van der Waals surface area contributed by atoms with E-state index in [2.05, 4.69) is 0 Å². The summed E-state index contributed by atoms with van der Waals surface area (Å²) in [4.78, 5) is 21.9. The zero-order valence-electron chi connectivity index (χ0n) is 11.1. The van der Waals surface area contributed by atoms with Crippen LogP contribution in [0.5, 0.6) is 0 Å². The van der Waals surface area contributed by atoms with E-state index in [1.165, 1.54) is 24.3 Å². The lowest BCUT2D eigenvalue weighted by molar-refractivity contribution is -0.149. The lowest BCUT2D eigenvalue weighted by Gasteiger charge is -2.24. The van der Waals surface area contributed by atoms with E-state index in [9.17, 15) is 24.2 Å². The van der Waals surface area contributed by atoms with Gasteiger partial charge in [0, 0.05) is 0 Å². The van der Waals surface area contributed by atoms with Crippen LogP contribution in [0.3, 0.4) is 0 Å². The third-order valence-corrected chi connectivity index (χ3v) is 2.74. The molecule has 1 aromatic rings. The summed E-state index contributed by atoms with van der Waals surface area (Å²) in [5.41, 5.74) is 10.5. The van der Waals surface area contributed by atoms with Gasteiger partial charge in [0.05, 0.1) is 19.1 Å². The van der Waals surface area contributed by atoms with E-state index in [0.717, 1.165) is 0 Å². The van der Waals surface area contributed by atoms with Crippen LogP contribution < -0.4 is 11.5 Å². The Morgan fingerprint density at radius 1 is 1.19 bits per heavy atom. The average molecular weight is 300 g/mol. The number of carbonyl (C=O) groups excluding carboxylic acids is 2. The van der Waals surface area contributed by atoms with Gasteiger partial charge in [-0.05, 0) is 17.7 Å². The van der Waals surface area contributed by atoms with Gasteiger partial charge < -0.3 is 26.4 Å². The summed E-state index contributed by atoms with van der Waals surface area (Å²) in [5.74, 6) is -2.28. The van der Waals surface area contributed by atoms with E-state index >= 15 is 0 Å². The Bertz CT molecular complexity index is 494. The van der Waals surface area contributed by atoms with Gasteiger partial charge in [0.1, 0.15) is 11.9 Å². The zero-order chi connectivity index (χ0) is 16.0. The fraction of sp³-hybridized carbons (Fsp3) is 0.385. The number of halogens is 1. The van der Waals surface area contributed by atoms with Gasteiger partial charge in [-0.25, -0.2) is 4.39 Å². The van der Waals surface area contributed by atoms with Crippen molar-refractivity contribution in [2.45, 2.75) is 31.3 Å². The van der Waals surface area contributed by atoms with Crippen LogP contribution in [0.25, 0.3) is 0 Å². The smallest absolute Gasteiger partial charge is 0.249 e. The summed E-state index contributed by atoms with van der Waals surface area (Å²) in [6.45, 7) is -0.131. The first-order chi connectivity index (χ1) is 9.81. The van der Waals surface area contributed by atoms with Gasteiger partial charge in [0.25, 0.3) is 0 Å². The third kappa shape index (κ3) is 5.46. The van der Waals surface area contributed by atoms with Crippen LogP contribution in [0.15, 0.2) is 24.3 Å². The van der Waals surface area contributed by atoms with Crippen LogP contribution in [-0.2, 0) is 20.9 Å². The van der Waals surface area contributed by atoms with E-state index in [0.29, 0.717) is 5.56 Å². The highest BCUT2D eigenvalue weighted by Crippen LogP contribution is 2.11. The summed E-state index contributed by atoms with van der Waals surface area (Å²) in [6.07, 6.45) is -5.33. The number of hydrogen-bond donors (Lipinski definition) is 4. The van der Waals surface area contributed by atoms with Crippen molar-refractivity contribution < 1.29 is 28.9 Å². The highest BCUT2D eigenvalue weighted by molar-refractivity contribution is 5.80. The van der Waals surface area contributed by atoms with E-state index in [1.807, 2.05) is 0 Å². The highest BCUT2D eigenvalue weighted by atomic mass is 19.1. The number of aliphatic hydroxyl groups is 2. The molecule has 3 atom stereocenters. The van der Waals surface area contributed by atoms with Crippen molar-refractivity contribution in [1.29, 1.82) is 0 Å². The van der Waals surface area contributed by atoms with Crippen LogP contribution in [0, 0.1) is 5.82 Å². The van der Waals surface area contributed by atoms with Gasteiger partial charge in [0.2, 0.25) is 11.8 Å². The zero-order valence-corrected chi connectivity index (χ0v) is 11.1. The van der Waals surface area contributed by atoms with Crippen molar-refractivity contribution in [2.24, 2.45) is 11.5 Å². The molecule has 0 saturated carbocycles. The Hall–Kier alpha value is -2.03. The molecule has 0 saturated heterocycles. The fourth-order valence-electron chi connectivity index (χ4n) is 1.64. The molecule has 0 heterocycles. The minimum atomic E-state index is -1.70. The molecule has 0 aliphatic heterocycles. The number of aliphatic hydroxyl groups excluding tert-OH is 2. The maximum Gasteiger partial charge on any atom is 0.249 e. The normalized spacial score (nSPS) is 15.2. The predicted molar refractivity (Wildman–Crippen MR) is 70.0 cm³/mol. The van der Waals surface area contributed by atoms with Crippen LogP contribution in [-0.4, -0.2) is 40.3 Å². The van der Waals surface area contributed by atoms with E-state index in [-0.39, 0.29) is 6.61 Å². The molecule has 7 nitrogen and oxygen atoms in total. The van der Waals surface area contributed by atoms with E-state index in [4.69, 9.17) is 16.2 Å². The predicted octanol–water partition coefficient (Wildman–Crippen LogP) is -1.21. The maximum atomic E-state index is 12.7. The van der Waals surface area contributed by atoms with Crippen molar-refractivity contribution in [3.05, 3.63) is 35.6 Å². The summed E-state index contributed by atoms with van der Waals surface area (Å²) in [6, 6.07) is 5.27. The van der Waals surface area contributed by atoms with Crippen molar-refractivity contribution in [1.82, 2.24) is 0 Å². The Balaban J connectivity index is 2.66. The Kier molecular flexibility index (Phi) is 6.22. The average Bonchev–Trinajstić information content (AvgIpc) is 2.39. The molecule has 0 aromatic heterocycles. The first-order valence-electron chi connectivity index (χ1n) is 6.11. The molecule has 0 aliphatic carbocycles. The van der Waals surface area contributed by atoms with Crippen LogP contribution in [0.4, 0.5) is 4.39 Å². The summed E-state index contributed by atoms with van der Waals surface area (Å²) < 4.78 is 17.9. The molecule has 0 radical (unpaired) electrons. The lowest BCUT2D eigenvalue weighted by atomic mass is 10.0. The largest absolute Gasteiger partial charge is 0.390 e. The Labute approximate surface area is 120 Å². The van der Waals surface area contributed by atoms with Crippen molar-refractivity contribution in [2.75, 3.05) is 0 Å². The van der Waals surface area contributed by atoms with Gasteiger partial charge in [-0.3, -0.25) is 9.59 Å². The summed E-state index contributed by atoms with van der Waals surface area (Å²) >= 11 is 0. The molecule has 21 heavy (non-hydrogen) atoms. The van der Waals surface area contributed by atoms with Crippen molar-refractivity contribution >= 4 is 11.8 Å². The van der Waals surface area contributed by atoms with Gasteiger partial charge in [-0.15, -0.1) is 0 Å². The Morgan fingerprint density at radius 2 is 1.76 bits per heavy atom. The number of amides is 2. The molecular weight excluding hydrogens is 283 g/mol. The summed E-state index contributed by atoms with van der Waals surface area (Å²) in [5, 5.41) is 19.3. The van der Waals surface area contributed by atoms with Crippen molar-refractivity contribution in [3.63, 3.8) is 0 Å². The maximum absolute atomic E-state index is 12.7. The highest BCUT2D eigenvalue weighted by Gasteiger charge is 2.32. The van der Waals surface area contributed by atoms with E-state index < -0.39 is 42.4 Å². The van der Waals surface area contributed by atoms with Gasteiger partial charge in [0.15, 0.2) is 6.10 Å². The summed E-state index contributed by atoms with van der Waals surface area (Å²) in [7, 11) is 0.